The molecule has 0 atom stereocenters. The molecule has 0 amide bonds. The zero-order chi connectivity index (χ0) is 15.7. The molecule has 0 aromatic rings. The Morgan fingerprint density at radius 1 is 0.406 bits per heavy atom. The van der Waals surface area contributed by atoms with Crippen molar-refractivity contribution in [1.29, 1.82) is 0 Å². The van der Waals surface area contributed by atoms with Crippen LogP contribution in [0.15, 0.2) is 0 Å². The van der Waals surface area contributed by atoms with Crippen molar-refractivity contribution >= 4 is 23.9 Å². The predicted molar refractivity (Wildman–Crippen MR) is 81.8 cm³/mol. The molecule has 0 aliphatic carbocycles. The maximum Gasteiger partial charge on any atom is 1.00 e. The van der Waals surface area contributed by atoms with Crippen molar-refractivity contribution in [2.45, 2.75) is 0 Å². The molecule has 18 nitrogen and oxygen atoms in total. The van der Waals surface area contributed by atoms with E-state index in [2.05, 4.69) is 0 Å². The number of aliphatic carboxylic acids is 4. The first-order chi connectivity index (χ1) is 9.20. The molecule has 178 valence electrons. The zero-order valence-electron chi connectivity index (χ0n) is 18.4. The van der Waals surface area contributed by atoms with E-state index in [4.69, 9.17) is 0 Å². The van der Waals surface area contributed by atoms with Crippen molar-refractivity contribution in [2.24, 2.45) is 0 Å². The Morgan fingerprint density at radius 3 is 0.625 bits per heavy atom. The van der Waals surface area contributed by atoms with Crippen molar-refractivity contribution in [2.75, 3.05) is 39.3 Å². The van der Waals surface area contributed by atoms with Crippen LogP contribution in [-0.2, 0) is 19.2 Å². The minimum Gasteiger partial charge on any atom is -0.549 e. The molecule has 0 rings (SSSR count). The summed E-state index contributed by atoms with van der Waals surface area (Å²) >= 11 is 0. The molecule has 0 fully saturated rings. The molecule has 16 N–H and O–H groups in total. The minimum absolute atomic E-state index is 0. The van der Waals surface area contributed by atoms with Crippen LogP contribution in [0.2, 0.25) is 0 Å². The zero-order valence-corrected chi connectivity index (χ0v) is 26.4. The fourth-order valence-electron chi connectivity index (χ4n) is 1.44. The van der Waals surface area contributed by atoms with Gasteiger partial charge in [-0.15, -0.1) is 0 Å². The number of carbonyl (C=O) groups is 4. The SMILES string of the molecule is O.O.O.O.O.O.O.O.O=C([O-])CN(CCN(CC(=O)[O-])CC(=O)[O-])CC(=O)[O-].[Na+].[Na+].[Na+].[Na+]. The van der Waals surface area contributed by atoms with Crippen molar-refractivity contribution in [1.82, 2.24) is 9.80 Å². The van der Waals surface area contributed by atoms with Gasteiger partial charge in [-0.3, -0.25) is 9.80 Å². The molecule has 0 aromatic carbocycles. The summed E-state index contributed by atoms with van der Waals surface area (Å²) in [6, 6.07) is 0. The van der Waals surface area contributed by atoms with Crippen LogP contribution in [0, 0.1) is 0 Å². The third kappa shape index (κ3) is 57.9. The Balaban J connectivity index is -0.0000000273. The van der Waals surface area contributed by atoms with Gasteiger partial charge in [0.05, 0.1) is 23.9 Å². The smallest absolute Gasteiger partial charge is 0.549 e. The van der Waals surface area contributed by atoms with Gasteiger partial charge in [-0.2, -0.15) is 0 Å². The molecular weight excluding hydrogens is 496 g/mol. The summed E-state index contributed by atoms with van der Waals surface area (Å²) in [6.45, 7) is -3.25. The fraction of sp³-hybridized carbons (Fsp3) is 0.600. The second kappa shape index (κ2) is 49.6. The Morgan fingerprint density at radius 2 is 0.531 bits per heavy atom. The van der Waals surface area contributed by atoms with Gasteiger partial charge >= 0.3 is 118 Å². The topological polar surface area (TPSA) is 419 Å². The van der Waals surface area contributed by atoms with Crippen LogP contribution in [0.5, 0.6) is 0 Å². The molecule has 0 saturated heterocycles. The van der Waals surface area contributed by atoms with Gasteiger partial charge in [0, 0.05) is 39.3 Å². The summed E-state index contributed by atoms with van der Waals surface area (Å²) in [7, 11) is 0. The number of carboxylic acid groups (broad SMARTS) is 4. The number of hydrogen-bond acceptors (Lipinski definition) is 10. The monoisotopic (exact) mass is 524 g/mol. The molecule has 0 spiro atoms. The second-order valence-electron chi connectivity index (χ2n) is 3.91. The minimum atomic E-state index is -1.53. The number of nitrogens with zero attached hydrogens (tertiary/aromatic N) is 2. The average molecular weight is 524 g/mol. The largest absolute Gasteiger partial charge is 1.00 e. The number of carbonyl (C=O) groups excluding carboxylic acids is 4. The summed E-state index contributed by atoms with van der Waals surface area (Å²) in [4.78, 5) is 43.4. The summed E-state index contributed by atoms with van der Waals surface area (Å²) in [5.74, 6) is -6.12. The van der Waals surface area contributed by atoms with Gasteiger partial charge in [-0.25, -0.2) is 0 Å². The third-order valence-electron chi connectivity index (χ3n) is 2.14. The normalized spacial score (nSPS) is 6.69. The van der Waals surface area contributed by atoms with E-state index in [0.717, 1.165) is 9.80 Å². The van der Waals surface area contributed by atoms with E-state index < -0.39 is 50.1 Å². The number of hydrogen-bond donors (Lipinski definition) is 0. The van der Waals surface area contributed by atoms with Crippen molar-refractivity contribution in [3.63, 3.8) is 0 Å². The molecular formula is C10H28N2Na4O16. The maximum atomic E-state index is 10.4. The molecule has 32 heavy (non-hydrogen) atoms. The van der Waals surface area contributed by atoms with E-state index in [-0.39, 0.29) is 175 Å². The van der Waals surface area contributed by atoms with Crippen LogP contribution >= 0.6 is 0 Å². The third-order valence-corrected chi connectivity index (χ3v) is 2.14. The summed E-state index contributed by atoms with van der Waals surface area (Å²) < 4.78 is 0. The first kappa shape index (κ1) is 84.2. The van der Waals surface area contributed by atoms with E-state index in [1.807, 2.05) is 0 Å². The predicted octanol–water partition coefficient (Wildman–Crippen LogP) is -26.0. The van der Waals surface area contributed by atoms with Gasteiger partial charge in [-0.1, -0.05) is 0 Å². The molecule has 0 saturated carbocycles. The molecule has 0 radical (unpaired) electrons. The van der Waals surface area contributed by atoms with E-state index in [0.29, 0.717) is 0 Å². The summed E-state index contributed by atoms with van der Waals surface area (Å²) in [6.07, 6.45) is 0. The first-order valence-corrected chi connectivity index (χ1v) is 5.44. The number of rotatable bonds is 11. The van der Waals surface area contributed by atoms with Crippen molar-refractivity contribution < 1.29 is 202 Å². The van der Waals surface area contributed by atoms with Crippen LogP contribution < -0.4 is 139 Å². The standard InChI is InChI=1S/C10H16N2O8.4Na.8H2O/c13-7(14)3-11(4-8(15)16)1-2-12(5-9(17)18)6-10(19)20;;;;;;;;;;;;/h1-6H2,(H,13,14)(H,15,16)(H,17,18)(H,19,20);;;;;8*1H2/q;4*+1;;;;;;;;/p-4. The van der Waals surface area contributed by atoms with E-state index in [9.17, 15) is 39.6 Å². The molecule has 0 heterocycles. The van der Waals surface area contributed by atoms with Crippen LogP contribution in [0.4, 0.5) is 0 Å². The summed E-state index contributed by atoms with van der Waals surface area (Å²) in [5.41, 5.74) is 0. The van der Waals surface area contributed by atoms with Crippen molar-refractivity contribution in [3.8, 4) is 0 Å². The van der Waals surface area contributed by atoms with E-state index >= 15 is 0 Å². The molecule has 0 aliphatic heterocycles. The Kier molecular flexibility index (Phi) is 130. The van der Waals surface area contributed by atoms with Gasteiger partial charge in [-0.05, 0) is 0 Å². The van der Waals surface area contributed by atoms with Crippen molar-refractivity contribution in [3.05, 3.63) is 0 Å². The average Bonchev–Trinajstić information content (AvgIpc) is 2.22. The number of carboxylic acids is 4. The van der Waals surface area contributed by atoms with Gasteiger partial charge < -0.3 is 83.4 Å². The van der Waals surface area contributed by atoms with Gasteiger partial charge in [0.2, 0.25) is 0 Å². The fourth-order valence-corrected chi connectivity index (χ4v) is 1.44. The molecule has 0 unspecified atom stereocenters. The second-order valence-corrected chi connectivity index (χ2v) is 3.91. The maximum absolute atomic E-state index is 10.4. The molecule has 0 aliphatic rings. The van der Waals surface area contributed by atoms with E-state index in [1.165, 1.54) is 0 Å². The van der Waals surface area contributed by atoms with Gasteiger partial charge in [0.15, 0.2) is 0 Å². The van der Waals surface area contributed by atoms with Crippen LogP contribution in [0.3, 0.4) is 0 Å². The van der Waals surface area contributed by atoms with Crippen LogP contribution in [-0.4, -0.2) is 117 Å². The molecule has 0 bridgehead atoms. The Hall–Kier alpha value is 1.48. The Bertz CT molecular complexity index is 341. The van der Waals surface area contributed by atoms with Crippen LogP contribution in [0.25, 0.3) is 0 Å². The summed E-state index contributed by atoms with van der Waals surface area (Å²) in [5, 5.41) is 41.6. The Labute approximate surface area is 271 Å². The van der Waals surface area contributed by atoms with E-state index in [1.54, 1.807) is 0 Å². The van der Waals surface area contributed by atoms with Gasteiger partial charge in [0.1, 0.15) is 0 Å². The van der Waals surface area contributed by atoms with Gasteiger partial charge in [0.25, 0.3) is 0 Å². The molecule has 22 heteroatoms. The first-order valence-electron chi connectivity index (χ1n) is 5.44. The quantitative estimate of drug-likeness (QED) is 0.229. The molecule has 0 aromatic heterocycles. The van der Waals surface area contributed by atoms with Crippen LogP contribution in [0.1, 0.15) is 0 Å².